The normalized spacial score (nSPS) is 17.0. The number of carbonyl (C=O) groups is 2. The second kappa shape index (κ2) is 5.08. The smallest absolute Gasteiger partial charge is 0.306 e. The van der Waals surface area contributed by atoms with Gasteiger partial charge in [-0.15, -0.1) is 0 Å². The SMILES string of the molecule is CCOC(=O)CC1C(=O)Nc2ccc(OC)cc21. The fourth-order valence-corrected chi connectivity index (χ4v) is 2.02. The van der Waals surface area contributed by atoms with Crippen LogP contribution in [0.4, 0.5) is 5.69 Å². The monoisotopic (exact) mass is 249 g/mol. The molecule has 1 N–H and O–H groups in total. The maximum atomic E-state index is 11.8. The summed E-state index contributed by atoms with van der Waals surface area (Å²) in [6, 6.07) is 5.32. The van der Waals surface area contributed by atoms with Crippen molar-refractivity contribution in [2.45, 2.75) is 19.3 Å². The van der Waals surface area contributed by atoms with E-state index in [9.17, 15) is 9.59 Å². The molecular formula is C13H15NO4. The van der Waals surface area contributed by atoms with Gasteiger partial charge in [0.05, 0.1) is 26.1 Å². The summed E-state index contributed by atoms with van der Waals surface area (Å²) in [5, 5.41) is 2.74. The molecule has 0 saturated carbocycles. The number of amides is 1. The molecule has 0 bridgehead atoms. The molecule has 1 aromatic rings. The number of anilines is 1. The fraction of sp³-hybridized carbons (Fsp3) is 0.385. The van der Waals surface area contributed by atoms with Crippen LogP contribution in [0, 0.1) is 0 Å². The predicted molar refractivity (Wildman–Crippen MR) is 65.6 cm³/mol. The largest absolute Gasteiger partial charge is 0.497 e. The van der Waals surface area contributed by atoms with E-state index in [-0.39, 0.29) is 18.3 Å². The summed E-state index contributed by atoms with van der Waals surface area (Å²) in [5.74, 6) is -0.368. The van der Waals surface area contributed by atoms with Gasteiger partial charge < -0.3 is 14.8 Å². The van der Waals surface area contributed by atoms with Crippen molar-refractivity contribution in [3.8, 4) is 5.75 Å². The Morgan fingerprint density at radius 2 is 2.22 bits per heavy atom. The first-order valence-electron chi connectivity index (χ1n) is 5.80. The molecule has 0 radical (unpaired) electrons. The molecule has 5 heteroatoms. The lowest BCUT2D eigenvalue weighted by atomic mass is 9.97. The van der Waals surface area contributed by atoms with Gasteiger partial charge in [0.25, 0.3) is 0 Å². The molecule has 18 heavy (non-hydrogen) atoms. The van der Waals surface area contributed by atoms with Crippen molar-refractivity contribution in [3.05, 3.63) is 23.8 Å². The zero-order valence-corrected chi connectivity index (χ0v) is 10.4. The van der Waals surface area contributed by atoms with Crippen molar-refractivity contribution in [1.29, 1.82) is 0 Å². The van der Waals surface area contributed by atoms with Crippen LogP contribution >= 0.6 is 0 Å². The van der Waals surface area contributed by atoms with E-state index in [1.54, 1.807) is 32.2 Å². The van der Waals surface area contributed by atoms with Crippen LogP contribution in [0.1, 0.15) is 24.8 Å². The number of methoxy groups -OCH3 is 1. The number of nitrogens with one attached hydrogen (secondary N) is 1. The van der Waals surface area contributed by atoms with E-state index in [0.717, 1.165) is 11.3 Å². The molecule has 5 nitrogen and oxygen atoms in total. The summed E-state index contributed by atoms with van der Waals surface area (Å²) in [5.41, 5.74) is 1.52. The van der Waals surface area contributed by atoms with Crippen LogP contribution in [0.25, 0.3) is 0 Å². The molecule has 0 saturated heterocycles. The van der Waals surface area contributed by atoms with Crippen LogP contribution in [0.5, 0.6) is 5.75 Å². The Kier molecular flexibility index (Phi) is 3.50. The highest BCUT2D eigenvalue weighted by Crippen LogP contribution is 2.37. The Bertz CT molecular complexity index is 484. The first-order chi connectivity index (χ1) is 8.65. The molecule has 1 heterocycles. The number of esters is 1. The van der Waals surface area contributed by atoms with Crippen molar-refractivity contribution in [1.82, 2.24) is 0 Å². The lowest BCUT2D eigenvalue weighted by Crippen LogP contribution is -2.17. The van der Waals surface area contributed by atoms with Gasteiger partial charge in [-0.25, -0.2) is 0 Å². The Labute approximate surface area is 105 Å². The van der Waals surface area contributed by atoms with Gasteiger partial charge in [-0.05, 0) is 30.7 Å². The zero-order valence-electron chi connectivity index (χ0n) is 10.4. The maximum Gasteiger partial charge on any atom is 0.306 e. The Hall–Kier alpha value is -2.04. The maximum absolute atomic E-state index is 11.8. The van der Waals surface area contributed by atoms with E-state index in [1.807, 2.05) is 0 Å². The molecule has 2 rings (SSSR count). The number of fused-ring (bicyclic) bond motifs is 1. The van der Waals surface area contributed by atoms with Gasteiger partial charge in [0.15, 0.2) is 0 Å². The van der Waals surface area contributed by atoms with Crippen molar-refractivity contribution in [2.24, 2.45) is 0 Å². The van der Waals surface area contributed by atoms with Crippen LogP contribution < -0.4 is 10.1 Å². The summed E-state index contributed by atoms with van der Waals surface area (Å²) in [6.07, 6.45) is 0.0554. The summed E-state index contributed by atoms with van der Waals surface area (Å²) in [6.45, 7) is 2.06. The molecular weight excluding hydrogens is 234 g/mol. The number of hydrogen-bond acceptors (Lipinski definition) is 4. The van der Waals surface area contributed by atoms with Crippen molar-refractivity contribution >= 4 is 17.6 Å². The second-order valence-corrected chi connectivity index (χ2v) is 4.00. The standard InChI is InChI=1S/C13H15NO4/c1-3-18-12(15)7-10-9-6-8(17-2)4-5-11(9)14-13(10)16/h4-6,10H,3,7H2,1-2H3,(H,14,16). The highest BCUT2D eigenvalue weighted by molar-refractivity contribution is 6.04. The Balaban J connectivity index is 2.23. The molecule has 0 spiro atoms. The Morgan fingerprint density at radius 1 is 1.44 bits per heavy atom. The van der Waals surface area contributed by atoms with E-state index in [0.29, 0.717) is 12.4 Å². The molecule has 1 amide bonds. The quantitative estimate of drug-likeness (QED) is 0.825. The van der Waals surface area contributed by atoms with E-state index in [2.05, 4.69) is 5.32 Å². The minimum absolute atomic E-state index is 0.0554. The lowest BCUT2D eigenvalue weighted by Gasteiger charge is -2.09. The first kappa shape index (κ1) is 12.4. The molecule has 0 fully saturated rings. The summed E-state index contributed by atoms with van der Waals surface area (Å²) < 4.78 is 9.99. The number of hydrogen-bond donors (Lipinski definition) is 1. The van der Waals surface area contributed by atoms with Gasteiger partial charge in [0.1, 0.15) is 5.75 Å². The number of ether oxygens (including phenoxy) is 2. The summed E-state index contributed by atoms with van der Waals surface area (Å²) in [4.78, 5) is 23.3. The van der Waals surface area contributed by atoms with Crippen LogP contribution in [0.3, 0.4) is 0 Å². The molecule has 1 aliphatic heterocycles. The van der Waals surface area contributed by atoms with Gasteiger partial charge in [0.2, 0.25) is 5.91 Å². The van der Waals surface area contributed by atoms with E-state index < -0.39 is 5.92 Å². The van der Waals surface area contributed by atoms with E-state index in [1.165, 1.54) is 0 Å². The number of benzene rings is 1. The van der Waals surface area contributed by atoms with Crippen molar-refractivity contribution < 1.29 is 19.1 Å². The van der Waals surface area contributed by atoms with Gasteiger partial charge in [0, 0.05) is 5.69 Å². The average Bonchev–Trinajstić information content (AvgIpc) is 2.65. The molecule has 1 aliphatic rings. The molecule has 0 aliphatic carbocycles. The fourth-order valence-electron chi connectivity index (χ4n) is 2.02. The van der Waals surface area contributed by atoms with Crippen molar-refractivity contribution in [2.75, 3.05) is 19.0 Å². The molecule has 96 valence electrons. The van der Waals surface area contributed by atoms with Gasteiger partial charge in [-0.1, -0.05) is 0 Å². The van der Waals surface area contributed by atoms with Crippen LogP contribution in [0.2, 0.25) is 0 Å². The second-order valence-electron chi connectivity index (χ2n) is 4.00. The van der Waals surface area contributed by atoms with Gasteiger partial charge in [-0.2, -0.15) is 0 Å². The molecule has 1 atom stereocenters. The number of rotatable bonds is 4. The third-order valence-electron chi connectivity index (χ3n) is 2.88. The van der Waals surface area contributed by atoms with Gasteiger partial charge in [-0.3, -0.25) is 9.59 Å². The minimum atomic E-state index is -0.492. The Morgan fingerprint density at radius 3 is 2.89 bits per heavy atom. The average molecular weight is 249 g/mol. The molecule has 1 unspecified atom stereocenters. The third-order valence-corrected chi connectivity index (χ3v) is 2.88. The van der Waals surface area contributed by atoms with E-state index in [4.69, 9.17) is 9.47 Å². The van der Waals surface area contributed by atoms with Crippen LogP contribution in [0.15, 0.2) is 18.2 Å². The van der Waals surface area contributed by atoms with Crippen molar-refractivity contribution in [3.63, 3.8) is 0 Å². The lowest BCUT2D eigenvalue weighted by molar-refractivity contribution is -0.144. The number of carbonyl (C=O) groups excluding carboxylic acids is 2. The highest BCUT2D eigenvalue weighted by atomic mass is 16.5. The molecule has 0 aromatic heterocycles. The highest BCUT2D eigenvalue weighted by Gasteiger charge is 2.33. The van der Waals surface area contributed by atoms with Crippen LogP contribution in [-0.4, -0.2) is 25.6 Å². The summed E-state index contributed by atoms with van der Waals surface area (Å²) in [7, 11) is 1.56. The topological polar surface area (TPSA) is 64.6 Å². The first-order valence-corrected chi connectivity index (χ1v) is 5.80. The van der Waals surface area contributed by atoms with Crippen LogP contribution in [-0.2, 0) is 14.3 Å². The minimum Gasteiger partial charge on any atom is -0.497 e. The summed E-state index contributed by atoms with van der Waals surface area (Å²) >= 11 is 0. The zero-order chi connectivity index (χ0) is 13.1. The predicted octanol–water partition coefficient (Wildman–Crippen LogP) is 1.68. The van der Waals surface area contributed by atoms with Gasteiger partial charge >= 0.3 is 5.97 Å². The third kappa shape index (κ3) is 2.30. The molecule has 1 aromatic carbocycles. The van der Waals surface area contributed by atoms with E-state index >= 15 is 0 Å².